The van der Waals surface area contributed by atoms with Crippen LogP contribution in [0.25, 0.3) is 0 Å². The second-order valence-electron chi connectivity index (χ2n) is 5.79. The number of sulfonamides is 1. The van der Waals surface area contributed by atoms with E-state index in [1.54, 1.807) is 13.8 Å². The predicted octanol–water partition coefficient (Wildman–Crippen LogP) is 2.57. The average molecular weight is 313 g/mol. The lowest BCUT2D eigenvalue weighted by molar-refractivity contribution is 0.0696. The average Bonchev–Trinajstić information content (AvgIpc) is 2.38. The third-order valence-corrected chi connectivity index (χ3v) is 5.44. The third-order valence-electron chi connectivity index (χ3n) is 3.89. The molecule has 1 unspecified atom stereocenters. The van der Waals surface area contributed by atoms with Crippen molar-refractivity contribution in [3.05, 3.63) is 28.8 Å². The van der Waals surface area contributed by atoms with Crippen LogP contribution in [-0.2, 0) is 10.0 Å². The van der Waals surface area contributed by atoms with E-state index >= 15 is 0 Å². The van der Waals surface area contributed by atoms with E-state index < -0.39 is 16.0 Å². The zero-order valence-corrected chi connectivity index (χ0v) is 13.9. The lowest BCUT2D eigenvalue weighted by Gasteiger charge is -2.17. The fraction of sp³-hybridized carbons (Fsp3) is 0.533. The lowest BCUT2D eigenvalue weighted by Crippen LogP contribution is -2.31. The quantitative estimate of drug-likeness (QED) is 0.845. The Balaban J connectivity index is 3.16. The summed E-state index contributed by atoms with van der Waals surface area (Å²) in [6, 6.07) is 2.69. The maximum atomic E-state index is 12.4. The molecule has 0 heterocycles. The first-order chi connectivity index (χ1) is 9.56. The summed E-state index contributed by atoms with van der Waals surface area (Å²) in [5.41, 5.74) is 1.20. The standard InChI is InChI=1S/C15H23NO4S/c1-9(2)11(4)8-16-21(19,20)14-7-13(15(17)18)6-10(3)12(14)5/h6-7,9,11,16H,8H2,1-5H3,(H,17,18). The maximum absolute atomic E-state index is 12.4. The van der Waals surface area contributed by atoms with E-state index in [1.165, 1.54) is 12.1 Å². The number of nitrogens with one attached hydrogen (secondary N) is 1. The van der Waals surface area contributed by atoms with Gasteiger partial charge in [0.05, 0.1) is 10.5 Å². The van der Waals surface area contributed by atoms with E-state index in [2.05, 4.69) is 4.72 Å². The Labute approximate surface area is 126 Å². The van der Waals surface area contributed by atoms with Crippen molar-refractivity contribution in [2.24, 2.45) is 11.8 Å². The summed E-state index contributed by atoms with van der Waals surface area (Å²) in [6.07, 6.45) is 0. The van der Waals surface area contributed by atoms with Gasteiger partial charge in [0.1, 0.15) is 0 Å². The Bertz CT molecular complexity index is 635. The van der Waals surface area contributed by atoms with Gasteiger partial charge in [-0.15, -0.1) is 0 Å². The number of benzene rings is 1. The van der Waals surface area contributed by atoms with Crippen LogP contribution in [0.4, 0.5) is 0 Å². The zero-order chi connectivity index (χ0) is 16.4. The van der Waals surface area contributed by atoms with Crippen molar-refractivity contribution in [1.29, 1.82) is 0 Å². The largest absolute Gasteiger partial charge is 0.478 e. The molecule has 1 aromatic rings. The molecule has 21 heavy (non-hydrogen) atoms. The molecular formula is C15H23NO4S. The molecule has 0 fully saturated rings. The minimum atomic E-state index is -3.71. The van der Waals surface area contributed by atoms with Crippen LogP contribution in [0.1, 0.15) is 42.3 Å². The van der Waals surface area contributed by atoms with Crippen molar-refractivity contribution in [2.45, 2.75) is 39.5 Å². The van der Waals surface area contributed by atoms with Gasteiger partial charge in [-0.1, -0.05) is 20.8 Å². The highest BCUT2D eigenvalue weighted by Gasteiger charge is 2.21. The molecule has 0 aliphatic carbocycles. The number of hydrogen-bond acceptors (Lipinski definition) is 3. The zero-order valence-electron chi connectivity index (χ0n) is 13.1. The monoisotopic (exact) mass is 313 g/mol. The summed E-state index contributed by atoms with van der Waals surface area (Å²) in [4.78, 5) is 11.1. The van der Waals surface area contributed by atoms with Crippen LogP contribution in [0.15, 0.2) is 17.0 Å². The summed E-state index contributed by atoms with van der Waals surface area (Å²) in [6.45, 7) is 9.74. The Morgan fingerprint density at radius 1 is 1.24 bits per heavy atom. The van der Waals surface area contributed by atoms with Gasteiger partial charge in [0.25, 0.3) is 0 Å². The van der Waals surface area contributed by atoms with Crippen molar-refractivity contribution in [3.63, 3.8) is 0 Å². The molecule has 0 bridgehead atoms. The summed E-state index contributed by atoms with van der Waals surface area (Å²) in [5.74, 6) is -0.574. The molecule has 1 aromatic carbocycles. The molecule has 5 nitrogen and oxygen atoms in total. The van der Waals surface area contributed by atoms with Gasteiger partial charge < -0.3 is 5.11 Å². The van der Waals surface area contributed by atoms with E-state index in [0.717, 1.165) is 0 Å². The molecule has 0 saturated carbocycles. The molecule has 0 spiro atoms. The molecule has 1 rings (SSSR count). The number of carboxylic acid groups (broad SMARTS) is 1. The molecule has 0 amide bonds. The Kier molecular flexibility index (Phi) is 5.53. The molecule has 0 radical (unpaired) electrons. The second-order valence-corrected chi connectivity index (χ2v) is 7.53. The first-order valence-electron chi connectivity index (χ1n) is 6.90. The van der Waals surface area contributed by atoms with Crippen LogP contribution >= 0.6 is 0 Å². The normalized spacial score (nSPS) is 13.4. The fourth-order valence-electron chi connectivity index (χ4n) is 1.78. The Morgan fingerprint density at radius 2 is 1.81 bits per heavy atom. The smallest absolute Gasteiger partial charge is 0.335 e. The van der Waals surface area contributed by atoms with E-state index in [0.29, 0.717) is 23.6 Å². The number of hydrogen-bond donors (Lipinski definition) is 2. The van der Waals surface area contributed by atoms with Gasteiger partial charge in [-0.3, -0.25) is 0 Å². The Morgan fingerprint density at radius 3 is 2.29 bits per heavy atom. The van der Waals surface area contributed by atoms with Crippen LogP contribution in [0.2, 0.25) is 0 Å². The van der Waals surface area contributed by atoms with Gasteiger partial charge in [0.2, 0.25) is 10.0 Å². The lowest BCUT2D eigenvalue weighted by atomic mass is 9.99. The van der Waals surface area contributed by atoms with Crippen molar-refractivity contribution < 1.29 is 18.3 Å². The second kappa shape index (κ2) is 6.58. The van der Waals surface area contributed by atoms with Crippen LogP contribution in [0.5, 0.6) is 0 Å². The number of carboxylic acids is 1. The SMILES string of the molecule is Cc1cc(C(=O)O)cc(S(=O)(=O)NCC(C)C(C)C)c1C. The number of rotatable bonds is 6. The van der Waals surface area contributed by atoms with Gasteiger partial charge in [-0.2, -0.15) is 0 Å². The fourth-order valence-corrected chi connectivity index (χ4v) is 3.27. The predicted molar refractivity (Wildman–Crippen MR) is 82.1 cm³/mol. The van der Waals surface area contributed by atoms with Crippen LogP contribution < -0.4 is 4.72 Å². The van der Waals surface area contributed by atoms with E-state index in [1.807, 2.05) is 20.8 Å². The van der Waals surface area contributed by atoms with Crippen LogP contribution in [0.3, 0.4) is 0 Å². The summed E-state index contributed by atoms with van der Waals surface area (Å²) in [7, 11) is -3.71. The van der Waals surface area contributed by atoms with E-state index in [-0.39, 0.29) is 16.4 Å². The number of aryl methyl sites for hydroxylation is 1. The Hall–Kier alpha value is -1.40. The highest BCUT2D eigenvalue weighted by atomic mass is 32.2. The maximum Gasteiger partial charge on any atom is 0.335 e. The molecule has 0 aliphatic heterocycles. The first kappa shape index (κ1) is 17.7. The van der Waals surface area contributed by atoms with Crippen LogP contribution in [0, 0.1) is 25.7 Å². The van der Waals surface area contributed by atoms with Crippen molar-refractivity contribution >= 4 is 16.0 Å². The number of carbonyl (C=O) groups is 1. The minimum absolute atomic E-state index is 0.0182. The van der Waals surface area contributed by atoms with E-state index in [4.69, 9.17) is 5.11 Å². The molecule has 6 heteroatoms. The van der Waals surface area contributed by atoms with Crippen molar-refractivity contribution in [2.75, 3.05) is 6.54 Å². The van der Waals surface area contributed by atoms with Gasteiger partial charge in [-0.25, -0.2) is 17.9 Å². The molecule has 0 saturated heterocycles. The van der Waals surface area contributed by atoms with Crippen molar-refractivity contribution in [3.8, 4) is 0 Å². The van der Waals surface area contributed by atoms with E-state index in [9.17, 15) is 13.2 Å². The highest BCUT2D eigenvalue weighted by Crippen LogP contribution is 2.21. The van der Waals surface area contributed by atoms with Gasteiger partial charge >= 0.3 is 5.97 Å². The summed E-state index contributed by atoms with van der Waals surface area (Å²) in [5, 5.41) is 9.07. The minimum Gasteiger partial charge on any atom is -0.478 e. The third kappa shape index (κ3) is 4.28. The van der Waals surface area contributed by atoms with Gasteiger partial charge in [0, 0.05) is 6.54 Å². The molecule has 1 atom stereocenters. The number of aromatic carboxylic acids is 1. The molecule has 0 aromatic heterocycles. The van der Waals surface area contributed by atoms with Crippen molar-refractivity contribution in [1.82, 2.24) is 4.72 Å². The van der Waals surface area contributed by atoms with Gasteiger partial charge in [-0.05, 0) is 48.9 Å². The van der Waals surface area contributed by atoms with Gasteiger partial charge in [0.15, 0.2) is 0 Å². The molecule has 0 aliphatic rings. The topological polar surface area (TPSA) is 83.5 Å². The summed E-state index contributed by atoms with van der Waals surface area (Å²) >= 11 is 0. The molecular weight excluding hydrogens is 290 g/mol. The first-order valence-corrected chi connectivity index (χ1v) is 8.38. The summed E-state index contributed by atoms with van der Waals surface area (Å²) < 4.78 is 27.4. The molecule has 2 N–H and O–H groups in total. The highest BCUT2D eigenvalue weighted by molar-refractivity contribution is 7.89. The molecule has 118 valence electrons. The van der Waals surface area contributed by atoms with Crippen LogP contribution in [-0.4, -0.2) is 26.0 Å².